The average Bonchev–Trinajstić information content (AvgIpc) is 2.79. The monoisotopic (exact) mass is 304 g/mol. The van der Waals surface area contributed by atoms with Crippen LogP contribution in [0.15, 0.2) is 0 Å². The number of nitrogens with one attached hydrogen (secondary N) is 1. The van der Waals surface area contributed by atoms with Gasteiger partial charge in [0.2, 0.25) is 11.7 Å². The Hall–Kier alpha value is -1.57. The third kappa shape index (κ3) is 3.20. The lowest BCUT2D eigenvalue weighted by atomic mass is 10.2. The number of carbonyl (C=O) groups is 1. The van der Waals surface area contributed by atoms with Crippen molar-refractivity contribution in [3.63, 3.8) is 0 Å². The Labute approximate surface area is 121 Å². The van der Waals surface area contributed by atoms with Crippen LogP contribution in [0.1, 0.15) is 31.1 Å². The molecule has 1 amide bonds. The minimum Gasteiger partial charge on any atom is -0.342 e. The zero-order chi connectivity index (χ0) is 15.6. The number of carbonyl (C=O) groups excluding carboxylic acids is 1. The molecule has 0 aliphatic carbocycles. The highest BCUT2D eigenvalue weighted by molar-refractivity contribution is 5.76. The van der Waals surface area contributed by atoms with Gasteiger partial charge in [-0.05, 0) is 13.8 Å². The summed E-state index contributed by atoms with van der Waals surface area (Å²) in [5.74, 6) is -1.29. The van der Waals surface area contributed by atoms with Crippen molar-refractivity contribution in [2.75, 3.05) is 19.6 Å². The Kier molecular flexibility index (Phi) is 4.55. The number of likely N-dealkylation sites (N-methyl/N-ethyl adjacent to an activating group) is 1. The van der Waals surface area contributed by atoms with Crippen LogP contribution in [0.25, 0.3) is 0 Å². The first kappa shape index (κ1) is 15.8. The summed E-state index contributed by atoms with van der Waals surface area (Å²) in [4.78, 5) is 17.3. The fourth-order valence-electron chi connectivity index (χ4n) is 2.57. The minimum absolute atomic E-state index is 0.307. The van der Waals surface area contributed by atoms with Crippen LogP contribution in [0.3, 0.4) is 0 Å². The summed E-state index contributed by atoms with van der Waals surface area (Å²) >= 11 is 0. The second-order valence-corrected chi connectivity index (χ2v) is 4.91. The summed E-state index contributed by atoms with van der Waals surface area (Å²) in [5, 5.41) is 2.99. The van der Waals surface area contributed by atoms with Crippen molar-refractivity contribution in [1.82, 2.24) is 19.8 Å². The van der Waals surface area contributed by atoms with Gasteiger partial charge in [-0.25, -0.2) is 4.98 Å². The molecule has 1 aromatic rings. The lowest BCUT2D eigenvalue weighted by molar-refractivity contribution is -0.148. The van der Waals surface area contributed by atoms with Crippen LogP contribution in [0.2, 0.25) is 0 Å². The van der Waals surface area contributed by atoms with Crippen LogP contribution in [-0.2, 0) is 30.5 Å². The van der Waals surface area contributed by atoms with Crippen molar-refractivity contribution in [1.29, 1.82) is 0 Å². The maximum absolute atomic E-state index is 13.1. The number of halogens is 3. The summed E-state index contributed by atoms with van der Waals surface area (Å²) in [6, 6.07) is 0. The number of fused-ring (bicyclic) bond motifs is 1. The van der Waals surface area contributed by atoms with Gasteiger partial charge < -0.3 is 14.8 Å². The van der Waals surface area contributed by atoms with Crippen molar-refractivity contribution in [3.8, 4) is 0 Å². The van der Waals surface area contributed by atoms with E-state index in [-0.39, 0.29) is 12.5 Å². The quantitative estimate of drug-likeness (QED) is 0.915. The fourth-order valence-corrected chi connectivity index (χ4v) is 2.57. The Morgan fingerprint density at radius 1 is 1.38 bits per heavy atom. The molecule has 1 aliphatic rings. The van der Waals surface area contributed by atoms with E-state index < -0.39 is 12.0 Å². The van der Waals surface area contributed by atoms with Crippen LogP contribution < -0.4 is 5.32 Å². The van der Waals surface area contributed by atoms with E-state index in [1.165, 1.54) is 4.90 Å². The molecule has 1 aromatic heterocycles. The third-order valence-corrected chi connectivity index (χ3v) is 3.65. The van der Waals surface area contributed by atoms with Gasteiger partial charge in [0.25, 0.3) is 0 Å². The van der Waals surface area contributed by atoms with E-state index >= 15 is 0 Å². The average molecular weight is 304 g/mol. The van der Waals surface area contributed by atoms with Gasteiger partial charge >= 0.3 is 6.18 Å². The van der Waals surface area contributed by atoms with E-state index in [1.807, 2.05) is 0 Å². The van der Waals surface area contributed by atoms with E-state index in [1.54, 1.807) is 13.8 Å². The molecule has 0 fully saturated rings. The molecule has 0 aromatic carbocycles. The van der Waals surface area contributed by atoms with E-state index in [9.17, 15) is 18.0 Å². The summed E-state index contributed by atoms with van der Waals surface area (Å²) in [6.07, 6.45) is -4.11. The molecule has 0 radical (unpaired) electrons. The molecule has 8 heteroatoms. The van der Waals surface area contributed by atoms with Gasteiger partial charge in [0.05, 0.1) is 5.69 Å². The Balaban J connectivity index is 2.37. The van der Waals surface area contributed by atoms with E-state index in [4.69, 9.17) is 0 Å². The maximum Gasteiger partial charge on any atom is 0.449 e. The van der Waals surface area contributed by atoms with Crippen LogP contribution in [0.5, 0.6) is 0 Å². The van der Waals surface area contributed by atoms with Crippen LogP contribution >= 0.6 is 0 Å². The number of amides is 1. The highest BCUT2D eigenvalue weighted by Gasteiger charge is 2.39. The summed E-state index contributed by atoms with van der Waals surface area (Å²) in [7, 11) is 0. The number of nitrogens with zero attached hydrogens (tertiary/aromatic N) is 3. The number of alkyl halides is 3. The van der Waals surface area contributed by atoms with Gasteiger partial charge in [0.15, 0.2) is 0 Å². The second kappa shape index (κ2) is 6.05. The zero-order valence-electron chi connectivity index (χ0n) is 12.1. The SMILES string of the molecule is CCN(CC)C(=O)Cn1c(C(F)(F)F)nc2c1CCNC2. The van der Waals surface area contributed by atoms with Gasteiger partial charge in [-0.2, -0.15) is 13.2 Å². The highest BCUT2D eigenvalue weighted by Crippen LogP contribution is 2.31. The Bertz CT molecular complexity index is 520. The largest absolute Gasteiger partial charge is 0.449 e. The Morgan fingerprint density at radius 2 is 2.05 bits per heavy atom. The van der Waals surface area contributed by atoms with Crippen molar-refractivity contribution in [3.05, 3.63) is 17.2 Å². The van der Waals surface area contributed by atoms with Crippen molar-refractivity contribution < 1.29 is 18.0 Å². The second-order valence-electron chi connectivity index (χ2n) is 4.91. The predicted octanol–water partition coefficient (Wildman–Crippen LogP) is 1.42. The first-order valence-electron chi connectivity index (χ1n) is 7.02. The topological polar surface area (TPSA) is 50.2 Å². The minimum atomic E-state index is -4.55. The van der Waals surface area contributed by atoms with Crippen LogP contribution in [0, 0.1) is 0 Å². The number of hydrogen-bond donors (Lipinski definition) is 1. The van der Waals surface area contributed by atoms with Crippen LogP contribution in [-0.4, -0.2) is 40.0 Å². The third-order valence-electron chi connectivity index (χ3n) is 3.65. The molecule has 5 nitrogen and oxygen atoms in total. The molecule has 1 N–H and O–H groups in total. The molecule has 0 bridgehead atoms. The van der Waals surface area contributed by atoms with Gasteiger partial charge in [-0.1, -0.05) is 0 Å². The summed E-state index contributed by atoms with van der Waals surface area (Å²) in [6.45, 7) is 5.17. The number of imidazole rings is 1. The molecule has 2 heterocycles. The fraction of sp³-hybridized carbons (Fsp3) is 0.692. The lowest BCUT2D eigenvalue weighted by Gasteiger charge is -2.22. The first-order valence-corrected chi connectivity index (χ1v) is 7.02. The zero-order valence-corrected chi connectivity index (χ0v) is 12.1. The van der Waals surface area contributed by atoms with Gasteiger partial charge in [0.1, 0.15) is 6.54 Å². The summed E-state index contributed by atoms with van der Waals surface area (Å²) in [5.41, 5.74) is 0.905. The van der Waals surface area contributed by atoms with Crippen molar-refractivity contribution in [2.45, 2.75) is 39.5 Å². The van der Waals surface area contributed by atoms with E-state index in [0.29, 0.717) is 44.0 Å². The van der Waals surface area contributed by atoms with Crippen molar-refractivity contribution >= 4 is 5.91 Å². The predicted molar refractivity (Wildman–Crippen MR) is 70.6 cm³/mol. The number of hydrogen-bond acceptors (Lipinski definition) is 3. The van der Waals surface area contributed by atoms with Gasteiger partial charge in [-0.3, -0.25) is 4.79 Å². The molecule has 0 unspecified atom stereocenters. The van der Waals surface area contributed by atoms with E-state index in [2.05, 4.69) is 10.3 Å². The molecule has 0 atom stereocenters. The van der Waals surface area contributed by atoms with Crippen molar-refractivity contribution in [2.24, 2.45) is 0 Å². The maximum atomic E-state index is 13.1. The van der Waals surface area contributed by atoms with Gasteiger partial charge in [0, 0.05) is 38.3 Å². The standard InChI is InChI=1S/C13H19F3N4O/c1-3-19(4-2)11(21)8-20-10-5-6-17-7-9(10)18-12(20)13(14,15)16/h17H,3-8H2,1-2H3. The molecule has 0 saturated heterocycles. The number of rotatable bonds is 4. The van der Waals surface area contributed by atoms with E-state index in [0.717, 1.165) is 4.57 Å². The number of aromatic nitrogens is 2. The molecular formula is C13H19F3N4O. The smallest absolute Gasteiger partial charge is 0.342 e. The highest BCUT2D eigenvalue weighted by atomic mass is 19.4. The normalized spacial score (nSPS) is 14.9. The summed E-state index contributed by atoms with van der Waals surface area (Å²) < 4.78 is 40.4. The Morgan fingerprint density at radius 3 is 2.62 bits per heavy atom. The first-order chi connectivity index (χ1) is 9.88. The molecule has 0 spiro atoms. The van der Waals surface area contributed by atoms with Gasteiger partial charge in [-0.15, -0.1) is 0 Å². The molecule has 118 valence electrons. The molecule has 2 rings (SSSR count). The lowest BCUT2D eigenvalue weighted by Crippen LogP contribution is -2.35. The molecule has 1 aliphatic heterocycles. The molecular weight excluding hydrogens is 285 g/mol. The van der Waals surface area contributed by atoms with Crippen LogP contribution in [0.4, 0.5) is 13.2 Å². The molecule has 21 heavy (non-hydrogen) atoms. The molecule has 0 saturated carbocycles.